The predicted molar refractivity (Wildman–Crippen MR) is 128 cm³/mol. The maximum atomic E-state index is 12.9. The van der Waals surface area contributed by atoms with Gasteiger partial charge in [-0.1, -0.05) is 52.3 Å². The number of hydrogen-bond acceptors (Lipinski definition) is 3. The third-order valence-electron chi connectivity index (χ3n) is 4.64. The van der Waals surface area contributed by atoms with Crippen LogP contribution in [0.3, 0.4) is 0 Å². The van der Waals surface area contributed by atoms with Crippen molar-refractivity contribution < 1.29 is 9.53 Å². The van der Waals surface area contributed by atoms with Gasteiger partial charge in [0, 0.05) is 4.47 Å². The minimum atomic E-state index is -0.134. The Balaban J connectivity index is 1.50. The standard InChI is InChI=1S/C24H18Br2N2O2/c1-16-21(24(29)28(27-16)20-5-3-2-4-6-20)13-18-9-12-23(22(26)14-18)30-15-17-7-10-19(25)11-8-17/h2-14H,15H2,1H3/b21-13+. The van der Waals surface area contributed by atoms with Crippen LogP contribution in [0.4, 0.5) is 5.69 Å². The van der Waals surface area contributed by atoms with Crippen molar-refractivity contribution in [2.75, 3.05) is 5.01 Å². The van der Waals surface area contributed by atoms with Crippen LogP contribution in [0.2, 0.25) is 0 Å². The Hall–Kier alpha value is -2.70. The summed E-state index contributed by atoms with van der Waals surface area (Å²) in [5.41, 5.74) is 4.00. The summed E-state index contributed by atoms with van der Waals surface area (Å²) in [6.45, 7) is 2.32. The Morgan fingerprint density at radius 3 is 2.43 bits per heavy atom. The highest BCUT2D eigenvalue weighted by Gasteiger charge is 2.28. The summed E-state index contributed by atoms with van der Waals surface area (Å²) in [4.78, 5) is 12.9. The van der Waals surface area contributed by atoms with E-state index in [1.807, 2.05) is 85.8 Å². The molecule has 30 heavy (non-hydrogen) atoms. The molecule has 0 aliphatic carbocycles. The molecule has 1 aliphatic rings. The first-order chi connectivity index (χ1) is 14.5. The Labute approximate surface area is 192 Å². The van der Waals surface area contributed by atoms with Gasteiger partial charge in [0.2, 0.25) is 0 Å². The molecule has 1 heterocycles. The van der Waals surface area contributed by atoms with E-state index in [0.29, 0.717) is 17.9 Å². The third-order valence-corrected chi connectivity index (χ3v) is 5.79. The van der Waals surface area contributed by atoms with Crippen molar-refractivity contribution in [3.8, 4) is 5.75 Å². The molecule has 0 bridgehead atoms. The maximum Gasteiger partial charge on any atom is 0.280 e. The molecule has 0 atom stereocenters. The lowest BCUT2D eigenvalue weighted by Gasteiger charge is -2.11. The molecule has 0 N–H and O–H groups in total. The van der Waals surface area contributed by atoms with E-state index in [4.69, 9.17) is 4.74 Å². The second kappa shape index (κ2) is 8.98. The number of hydrazone groups is 1. The first-order valence-electron chi connectivity index (χ1n) is 9.35. The van der Waals surface area contributed by atoms with Crippen molar-refractivity contribution in [1.29, 1.82) is 0 Å². The van der Waals surface area contributed by atoms with E-state index in [0.717, 1.165) is 31.5 Å². The second-order valence-electron chi connectivity index (χ2n) is 6.80. The number of halogens is 2. The Bertz CT molecular complexity index is 1140. The Morgan fingerprint density at radius 2 is 1.73 bits per heavy atom. The van der Waals surface area contributed by atoms with Crippen molar-refractivity contribution in [1.82, 2.24) is 0 Å². The van der Waals surface area contributed by atoms with E-state index < -0.39 is 0 Å². The van der Waals surface area contributed by atoms with E-state index in [1.165, 1.54) is 5.01 Å². The lowest BCUT2D eigenvalue weighted by Crippen LogP contribution is -2.21. The fraction of sp³-hybridized carbons (Fsp3) is 0.0833. The zero-order chi connectivity index (χ0) is 21.1. The Morgan fingerprint density at radius 1 is 1.00 bits per heavy atom. The van der Waals surface area contributed by atoms with Gasteiger partial charge in [0.15, 0.2) is 0 Å². The lowest BCUT2D eigenvalue weighted by molar-refractivity contribution is -0.114. The lowest BCUT2D eigenvalue weighted by atomic mass is 10.1. The van der Waals surface area contributed by atoms with Gasteiger partial charge in [-0.15, -0.1) is 0 Å². The highest BCUT2D eigenvalue weighted by molar-refractivity contribution is 9.10. The highest BCUT2D eigenvalue weighted by Crippen LogP contribution is 2.30. The van der Waals surface area contributed by atoms with Crippen LogP contribution < -0.4 is 9.75 Å². The largest absolute Gasteiger partial charge is 0.488 e. The molecular weight excluding hydrogens is 508 g/mol. The summed E-state index contributed by atoms with van der Waals surface area (Å²) in [5.74, 6) is 0.611. The summed E-state index contributed by atoms with van der Waals surface area (Å²) in [7, 11) is 0. The van der Waals surface area contributed by atoms with E-state index in [2.05, 4.69) is 37.0 Å². The smallest absolute Gasteiger partial charge is 0.280 e. The van der Waals surface area contributed by atoms with Crippen molar-refractivity contribution in [3.63, 3.8) is 0 Å². The molecule has 0 radical (unpaired) electrons. The molecular formula is C24H18Br2N2O2. The topological polar surface area (TPSA) is 41.9 Å². The SMILES string of the molecule is CC1=NN(c2ccccc2)C(=O)/C1=C/c1ccc(OCc2ccc(Br)cc2)c(Br)c1. The number of rotatable bonds is 5. The number of anilines is 1. The molecule has 0 spiro atoms. The molecule has 0 saturated carbocycles. The maximum absolute atomic E-state index is 12.9. The summed E-state index contributed by atoms with van der Waals surface area (Å²) in [6, 6.07) is 23.2. The van der Waals surface area contributed by atoms with E-state index in [9.17, 15) is 4.79 Å². The average Bonchev–Trinajstić information content (AvgIpc) is 3.03. The zero-order valence-electron chi connectivity index (χ0n) is 16.2. The van der Waals surface area contributed by atoms with Gasteiger partial charge in [0.25, 0.3) is 5.91 Å². The molecule has 0 unspecified atom stereocenters. The number of amides is 1. The van der Waals surface area contributed by atoms with Crippen LogP contribution in [0.5, 0.6) is 5.75 Å². The summed E-state index contributed by atoms with van der Waals surface area (Å²) in [6.07, 6.45) is 1.85. The van der Waals surface area contributed by atoms with Crippen LogP contribution in [0.15, 0.2) is 92.4 Å². The van der Waals surface area contributed by atoms with Gasteiger partial charge in [0.05, 0.1) is 21.4 Å². The van der Waals surface area contributed by atoms with Crippen LogP contribution >= 0.6 is 31.9 Å². The van der Waals surface area contributed by atoms with Gasteiger partial charge in [-0.05, 0) is 76.5 Å². The molecule has 6 heteroatoms. The fourth-order valence-corrected chi connectivity index (χ4v) is 3.84. The van der Waals surface area contributed by atoms with Crippen molar-refractivity contribution in [2.24, 2.45) is 5.10 Å². The van der Waals surface area contributed by atoms with E-state index in [-0.39, 0.29) is 5.91 Å². The van der Waals surface area contributed by atoms with Crippen molar-refractivity contribution in [3.05, 3.63) is 98.4 Å². The number of carbonyl (C=O) groups excluding carboxylic acids is 1. The Kier molecular flexibility index (Phi) is 6.16. The molecule has 3 aromatic carbocycles. The number of para-hydroxylation sites is 1. The van der Waals surface area contributed by atoms with Crippen molar-refractivity contribution in [2.45, 2.75) is 13.5 Å². The summed E-state index contributed by atoms with van der Waals surface area (Å²) in [5, 5.41) is 5.86. The molecule has 1 aliphatic heterocycles. The van der Waals surface area contributed by atoms with Gasteiger partial charge in [-0.3, -0.25) is 4.79 Å². The molecule has 150 valence electrons. The molecule has 4 rings (SSSR count). The van der Waals surface area contributed by atoms with Crippen LogP contribution in [0, 0.1) is 0 Å². The zero-order valence-corrected chi connectivity index (χ0v) is 19.4. The molecule has 0 saturated heterocycles. The quantitative estimate of drug-likeness (QED) is 0.352. The van der Waals surface area contributed by atoms with Gasteiger partial charge in [-0.2, -0.15) is 10.1 Å². The summed E-state index contributed by atoms with van der Waals surface area (Å²) < 4.78 is 7.79. The molecule has 0 aromatic heterocycles. The normalized spacial score (nSPS) is 14.9. The first-order valence-corrected chi connectivity index (χ1v) is 10.9. The van der Waals surface area contributed by atoms with E-state index >= 15 is 0 Å². The van der Waals surface area contributed by atoms with E-state index in [1.54, 1.807) is 0 Å². The van der Waals surface area contributed by atoms with Crippen LogP contribution in [-0.2, 0) is 11.4 Å². The minimum absolute atomic E-state index is 0.134. The van der Waals surface area contributed by atoms with Crippen LogP contribution in [0.1, 0.15) is 18.1 Å². The molecule has 0 fully saturated rings. The van der Waals surface area contributed by atoms with Gasteiger partial charge >= 0.3 is 0 Å². The molecule has 1 amide bonds. The molecule has 4 nitrogen and oxygen atoms in total. The molecule has 3 aromatic rings. The van der Waals surface area contributed by atoms with Gasteiger partial charge in [0.1, 0.15) is 12.4 Å². The van der Waals surface area contributed by atoms with Gasteiger partial charge < -0.3 is 4.74 Å². The monoisotopic (exact) mass is 524 g/mol. The first kappa shape index (κ1) is 20.6. The van der Waals surface area contributed by atoms with Crippen LogP contribution in [0.25, 0.3) is 6.08 Å². The third kappa shape index (κ3) is 4.55. The minimum Gasteiger partial charge on any atom is -0.488 e. The number of hydrogen-bond donors (Lipinski definition) is 0. The fourth-order valence-electron chi connectivity index (χ4n) is 3.06. The van der Waals surface area contributed by atoms with Crippen molar-refractivity contribution >= 4 is 55.2 Å². The number of benzene rings is 3. The van der Waals surface area contributed by atoms with Crippen LogP contribution in [-0.4, -0.2) is 11.6 Å². The predicted octanol–water partition coefficient (Wildman–Crippen LogP) is 6.60. The highest BCUT2D eigenvalue weighted by atomic mass is 79.9. The number of nitrogens with zero attached hydrogens (tertiary/aromatic N) is 2. The second-order valence-corrected chi connectivity index (χ2v) is 8.57. The average molecular weight is 526 g/mol. The van der Waals surface area contributed by atoms with Gasteiger partial charge in [-0.25, -0.2) is 0 Å². The summed E-state index contributed by atoms with van der Waals surface area (Å²) >= 11 is 7.01. The number of ether oxygens (including phenoxy) is 1. The number of carbonyl (C=O) groups is 1.